The van der Waals surface area contributed by atoms with Crippen LogP contribution in [-0.4, -0.2) is 19.5 Å². The van der Waals surface area contributed by atoms with Crippen LogP contribution in [0.25, 0.3) is 0 Å². The van der Waals surface area contributed by atoms with Crippen molar-refractivity contribution in [1.82, 2.24) is 0 Å². The fourth-order valence-corrected chi connectivity index (χ4v) is 4.05. The molecule has 0 aliphatic rings. The molecular weight excluding hydrogens is 312 g/mol. The van der Waals surface area contributed by atoms with Crippen molar-refractivity contribution in [3.8, 4) is 6.07 Å². The summed E-state index contributed by atoms with van der Waals surface area (Å²) in [5.74, 6) is -1.16. The van der Waals surface area contributed by atoms with Gasteiger partial charge >= 0.3 is 5.97 Å². The van der Waals surface area contributed by atoms with Gasteiger partial charge < -0.3 is 5.11 Å². The molecule has 0 fully saturated rings. The number of aromatic carboxylic acids is 1. The Labute approximate surface area is 125 Å². The number of nitrogens with one attached hydrogen (secondary N) is 1. The Bertz CT molecular complexity index is 830. The van der Waals surface area contributed by atoms with E-state index in [0.29, 0.717) is 28.2 Å². The number of hydrogen-bond donors (Lipinski definition) is 2. The number of anilines is 1. The highest BCUT2D eigenvalue weighted by Crippen LogP contribution is 2.27. The van der Waals surface area contributed by atoms with Gasteiger partial charge in [-0.05, 0) is 42.8 Å². The van der Waals surface area contributed by atoms with Gasteiger partial charge in [0.05, 0.1) is 11.6 Å². The second-order valence-corrected chi connectivity index (χ2v) is 7.14. The Morgan fingerprint density at radius 2 is 1.95 bits per heavy atom. The van der Waals surface area contributed by atoms with Gasteiger partial charge in [-0.2, -0.15) is 5.26 Å². The molecule has 0 unspecified atom stereocenters. The monoisotopic (exact) mass is 322 g/mol. The molecule has 1 aromatic heterocycles. The molecule has 0 aliphatic heterocycles. The van der Waals surface area contributed by atoms with E-state index in [2.05, 4.69) is 4.72 Å². The summed E-state index contributed by atoms with van der Waals surface area (Å²) in [6, 6.07) is 9.16. The topological polar surface area (TPSA) is 107 Å². The normalized spacial score (nSPS) is 10.9. The zero-order valence-corrected chi connectivity index (χ0v) is 12.5. The molecule has 0 saturated heterocycles. The molecule has 0 amide bonds. The first kappa shape index (κ1) is 15.0. The van der Waals surface area contributed by atoms with Crippen LogP contribution in [0.5, 0.6) is 0 Å². The van der Waals surface area contributed by atoms with Crippen LogP contribution in [0.3, 0.4) is 0 Å². The van der Waals surface area contributed by atoms with E-state index in [0.717, 1.165) is 0 Å². The summed E-state index contributed by atoms with van der Waals surface area (Å²) < 4.78 is 26.6. The number of sulfonamides is 1. The van der Waals surface area contributed by atoms with Crippen LogP contribution in [-0.2, 0) is 10.0 Å². The molecule has 0 atom stereocenters. The summed E-state index contributed by atoms with van der Waals surface area (Å²) in [6.07, 6.45) is 0. The minimum Gasteiger partial charge on any atom is -0.477 e. The van der Waals surface area contributed by atoms with Crippen LogP contribution < -0.4 is 4.72 Å². The predicted octanol–water partition coefficient (Wildman–Crippen LogP) is 2.43. The molecule has 1 heterocycles. The van der Waals surface area contributed by atoms with E-state index in [-0.39, 0.29) is 9.09 Å². The summed E-state index contributed by atoms with van der Waals surface area (Å²) in [6.45, 7) is 1.54. The number of thiophene rings is 1. The SMILES string of the molecule is Cc1cc(S(=O)(=O)Nc2ccc(C#N)cc2)sc1C(=O)O. The molecule has 0 spiro atoms. The Morgan fingerprint density at radius 3 is 2.43 bits per heavy atom. The largest absolute Gasteiger partial charge is 0.477 e. The molecule has 108 valence electrons. The van der Waals surface area contributed by atoms with E-state index in [1.807, 2.05) is 6.07 Å². The van der Waals surface area contributed by atoms with Gasteiger partial charge in [-0.3, -0.25) is 4.72 Å². The Morgan fingerprint density at radius 1 is 1.33 bits per heavy atom. The van der Waals surface area contributed by atoms with Crippen LogP contribution in [0.4, 0.5) is 5.69 Å². The average molecular weight is 322 g/mol. The first-order valence-electron chi connectivity index (χ1n) is 5.70. The molecule has 2 aromatic rings. The maximum atomic E-state index is 12.2. The van der Waals surface area contributed by atoms with Crippen molar-refractivity contribution < 1.29 is 18.3 Å². The average Bonchev–Trinajstić information content (AvgIpc) is 2.82. The van der Waals surface area contributed by atoms with Gasteiger partial charge in [0.1, 0.15) is 9.09 Å². The molecule has 8 heteroatoms. The molecule has 1 aromatic carbocycles. The van der Waals surface area contributed by atoms with E-state index >= 15 is 0 Å². The first-order valence-corrected chi connectivity index (χ1v) is 8.00. The third-order valence-corrected chi connectivity index (χ3v) is 5.70. The van der Waals surface area contributed by atoms with Gasteiger partial charge in [0, 0.05) is 5.69 Å². The van der Waals surface area contributed by atoms with Crippen LogP contribution in [0, 0.1) is 18.3 Å². The van der Waals surface area contributed by atoms with Gasteiger partial charge in [-0.15, -0.1) is 11.3 Å². The fourth-order valence-electron chi connectivity index (χ4n) is 1.62. The van der Waals surface area contributed by atoms with Crippen LogP contribution in [0.15, 0.2) is 34.5 Å². The van der Waals surface area contributed by atoms with Gasteiger partial charge in [0.2, 0.25) is 0 Å². The van der Waals surface area contributed by atoms with Crippen LogP contribution in [0.2, 0.25) is 0 Å². The van der Waals surface area contributed by atoms with Crippen molar-refractivity contribution in [2.75, 3.05) is 4.72 Å². The number of carboxylic acids is 1. The highest BCUT2D eigenvalue weighted by Gasteiger charge is 2.21. The minimum absolute atomic E-state index is 0.00444. The summed E-state index contributed by atoms with van der Waals surface area (Å²) in [5.41, 5.74) is 1.11. The van der Waals surface area contributed by atoms with E-state index in [9.17, 15) is 13.2 Å². The maximum Gasteiger partial charge on any atom is 0.346 e. The van der Waals surface area contributed by atoms with Crippen molar-refractivity contribution in [3.05, 3.63) is 46.3 Å². The van der Waals surface area contributed by atoms with E-state index < -0.39 is 16.0 Å². The summed E-state index contributed by atoms with van der Waals surface area (Å²) >= 11 is 0.699. The number of hydrogen-bond acceptors (Lipinski definition) is 5. The first-order chi connectivity index (χ1) is 9.83. The quantitative estimate of drug-likeness (QED) is 0.899. The summed E-state index contributed by atoms with van der Waals surface area (Å²) in [4.78, 5) is 11.0. The highest BCUT2D eigenvalue weighted by molar-refractivity contribution is 7.94. The summed E-state index contributed by atoms with van der Waals surface area (Å²) in [7, 11) is -3.85. The third kappa shape index (κ3) is 3.21. The minimum atomic E-state index is -3.85. The van der Waals surface area contributed by atoms with Crippen molar-refractivity contribution in [3.63, 3.8) is 0 Å². The Hall–Kier alpha value is -2.37. The third-order valence-electron chi connectivity index (χ3n) is 2.62. The number of benzene rings is 1. The van der Waals surface area contributed by atoms with Gasteiger partial charge in [-0.1, -0.05) is 0 Å². The van der Waals surface area contributed by atoms with Crippen LogP contribution >= 0.6 is 11.3 Å². The number of nitriles is 1. The second kappa shape index (κ2) is 5.55. The van der Waals surface area contributed by atoms with E-state index in [1.165, 1.54) is 30.3 Å². The number of carboxylic acid groups (broad SMARTS) is 1. The molecule has 6 nitrogen and oxygen atoms in total. The molecular formula is C13H10N2O4S2. The number of carbonyl (C=O) groups is 1. The number of aryl methyl sites for hydroxylation is 1. The molecule has 0 radical (unpaired) electrons. The van der Waals surface area contributed by atoms with Crippen molar-refractivity contribution >= 4 is 33.0 Å². The van der Waals surface area contributed by atoms with E-state index in [4.69, 9.17) is 10.4 Å². The molecule has 2 N–H and O–H groups in total. The molecule has 0 saturated carbocycles. The van der Waals surface area contributed by atoms with Crippen molar-refractivity contribution in [1.29, 1.82) is 5.26 Å². The molecule has 21 heavy (non-hydrogen) atoms. The van der Waals surface area contributed by atoms with Gasteiger partial charge in [0.15, 0.2) is 0 Å². The highest BCUT2D eigenvalue weighted by atomic mass is 32.2. The summed E-state index contributed by atoms with van der Waals surface area (Å²) in [5, 5.41) is 17.6. The lowest BCUT2D eigenvalue weighted by atomic mass is 10.2. The lowest BCUT2D eigenvalue weighted by Crippen LogP contribution is -2.11. The standard InChI is InChI=1S/C13H10N2O4S2/c1-8-6-11(20-12(8)13(16)17)21(18,19)15-10-4-2-9(7-14)3-5-10/h2-6,15H,1H3,(H,16,17). The van der Waals surface area contributed by atoms with Crippen molar-refractivity contribution in [2.45, 2.75) is 11.1 Å². The molecule has 0 bridgehead atoms. The lowest BCUT2D eigenvalue weighted by Gasteiger charge is -2.05. The number of rotatable bonds is 4. The van der Waals surface area contributed by atoms with Crippen LogP contribution in [0.1, 0.15) is 20.8 Å². The fraction of sp³-hybridized carbons (Fsp3) is 0.0769. The van der Waals surface area contributed by atoms with Crippen molar-refractivity contribution in [2.24, 2.45) is 0 Å². The zero-order valence-electron chi connectivity index (χ0n) is 10.8. The molecule has 2 rings (SSSR count). The number of nitrogens with zero attached hydrogens (tertiary/aromatic N) is 1. The predicted molar refractivity (Wildman–Crippen MR) is 78.0 cm³/mol. The smallest absolute Gasteiger partial charge is 0.346 e. The Balaban J connectivity index is 2.31. The lowest BCUT2D eigenvalue weighted by molar-refractivity contribution is 0.0701. The van der Waals surface area contributed by atoms with Gasteiger partial charge in [-0.25, -0.2) is 13.2 Å². The van der Waals surface area contributed by atoms with Gasteiger partial charge in [0.25, 0.3) is 10.0 Å². The molecule has 0 aliphatic carbocycles. The Kier molecular flexibility index (Phi) is 3.97. The second-order valence-electron chi connectivity index (χ2n) is 4.18. The maximum absolute atomic E-state index is 12.2. The van der Waals surface area contributed by atoms with E-state index in [1.54, 1.807) is 6.92 Å². The zero-order chi connectivity index (χ0) is 15.6.